The Morgan fingerprint density at radius 2 is 1.86 bits per heavy atom. The van der Waals surface area contributed by atoms with Crippen LogP contribution in [0.25, 0.3) is 11.3 Å². The first-order chi connectivity index (χ1) is 13.5. The minimum atomic E-state index is -0.469. The smallest absolute Gasteiger partial charge is 0.277 e. The number of hydrogen-bond donors (Lipinski definition) is 1. The summed E-state index contributed by atoms with van der Waals surface area (Å²) in [6.07, 6.45) is 1.34. The fraction of sp³-hybridized carbons (Fsp3) is 0.0526. The highest BCUT2D eigenvalue weighted by Crippen LogP contribution is 2.24. The van der Waals surface area contributed by atoms with Gasteiger partial charge in [0.15, 0.2) is 6.61 Å². The molecule has 1 heterocycles. The van der Waals surface area contributed by atoms with Gasteiger partial charge in [0, 0.05) is 22.7 Å². The summed E-state index contributed by atoms with van der Waals surface area (Å²) in [5.74, 6) is 1.01. The fourth-order valence-corrected chi connectivity index (χ4v) is 2.33. The maximum absolute atomic E-state index is 11.7. The van der Waals surface area contributed by atoms with Gasteiger partial charge in [-0.25, -0.2) is 5.43 Å². The van der Waals surface area contributed by atoms with Gasteiger partial charge >= 0.3 is 0 Å². The van der Waals surface area contributed by atoms with Crippen molar-refractivity contribution in [3.8, 4) is 17.1 Å². The quantitative estimate of drug-likeness (QED) is 0.366. The lowest BCUT2D eigenvalue weighted by molar-refractivity contribution is -0.384. The number of furan rings is 1. The number of nitro benzene ring substituents is 1. The van der Waals surface area contributed by atoms with Gasteiger partial charge in [-0.2, -0.15) is 5.10 Å². The summed E-state index contributed by atoms with van der Waals surface area (Å²) in [5.41, 5.74) is 3.01. The van der Waals surface area contributed by atoms with Crippen LogP contribution in [0.3, 0.4) is 0 Å². The van der Waals surface area contributed by atoms with Crippen LogP contribution in [0.1, 0.15) is 5.76 Å². The highest BCUT2D eigenvalue weighted by atomic mass is 35.5. The van der Waals surface area contributed by atoms with E-state index >= 15 is 0 Å². The van der Waals surface area contributed by atoms with Crippen LogP contribution in [0.2, 0.25) is 5.02 Å². The Kier molecular flexibility index (Phi) is 6.03. The van der Waals surface area contributed by atoms with Crippen molar-refractivity contribution in [1.82, 2.24) is 5.43 Å². The standard InChI is InChI=1S/C19H14ClN3O5/c20-14-3-7-16(8-4-14)27-12-19(24)22-21-11-17-9-10-18(28-17)13-1-5-15(6-2-13)23(25)26/h1-11H,12H2,(H,22,24)/b21-11+. The molecule has 1 amide bonds. The Morgan fingerprint density at radius 1 is 1.14 bits per heavy atom. The number of nitrogens with zero attached hydrogens (tertiary/aromatic N) is 2. The number of carbonyl (C=O) groups is 1. The molecule has 0 fully saturated rings. The molecule has 0 saturated carbocycles. The molecule has 9 heteroatoms. The molecule has 0 spiro atoms. The Balaban J connectivity index is 1.51. The lowest BCUT2D eigenvalue weighted by Crippen LogP contribution is -2.24. The van der Waals surface area contributed by atoms with Gasteiger partial charge in [-0.3, -0.25) is 14.9 Å². The van der Waals surface area contributed by atoms with Crippen LogP contribution in [-0.4, -0.2) is 23.7 Å². The monoisotopic (exact) mass is 399 g/mol. The maximum Gasteiger partial charge on any atom is 0.277 e. The Morgan fingerprint density at radius 3 is 2.54 bits per heavy atom. The molecule has 0 aliphatic rings. The first-order valence-corrected chi connectivity index (χ1v) is 8.44. The summed E-state index contributed by atoms with van der Waals surface area (Å²) in [6, 6.07) is 16.0. The fourth-order valence-electron chi connectivity index (χ4n) is 2.20. The molecule has 142 valence electrons. The van der Waals surface area contributed by atoms with E-state index in [1.807, 2.05) is 0 Å². The van der Waals surface area contributed by atoms with Crippen molar-refractivity contribution in [1.29, 1.82) is 0 Å². The number of ether oxygens (including phenoxy) is 1. The first kappa shape index (κ1) is 19.1. The molecule has 0 radical (unpaired) electrons. The summed E-state index contributed by atoms with van der Waals surface area (Å²) >= 11 is 5.77. The summed E-state index contributed by atoms with van der Waals surface area (Å²) < 4.78 is 10.9. The van der Waals surface area contributed by atoms with E-state index in [0.29, 0.717) is 27.9 Å². The summed E-state index contributed by atoms with van der Waals surface area (Å²) in [6.45, 7) is -0.203. The number of hydrogen-bond acceptors (Lipinski definition) is 6. The molecule has 1 N–H and O–H groups in total. The average Bonchev–Trinajstić information content (AvgIpc) is 3.16. The van der Waals surface area contributed by atoms with E-state index < -0.39 is 10.8 Å². The zero-order valence-corrected chi connectivity index (χ0v) is 15.1. The number of nitrogens with one attached hydrogen (secondary N) is 1. The normalized spacial score (nSPS) is 10.8. The maximum atomic E-state index is 11.7. The second-order valence-electron chi connectivity index (χ2n) is 5.54. The molecule has 0 aliphatic carbocycles. The average molecular weight is 400 g/mol. The van der Waals surface area contributed by atoms with E-state index in [2.05, 4.69) is 10.5 Å². The molecule has 0 aliphatic heterocycles. The third-order valence-corrected chi connectivity index (χ3v) is 3.81. The van der Waals surface area contributed by atoms with Gasteiger partial charge in [0.2, 0.25) is 0 Å². The van der Waals surface area contributed by atoms with Crippen molar-refractivity contribution in [3.63, 3.8) is 0 Å². The van der Waals surface area contributed by atoms with Crippen molar-refractivity contribution in [3.05, 3.63) is 81.6 Å². The van der Waals surface area contributed by atoms with Crippen LogP contribution in [0.5, 0.6) is 5.75 Å². The topological polar surface area (TPSA) is 107 Å². The minimum absolute atomic E-state index is 0.000577. The second kappa shape index (κ2) is 8.83. The number of carbonyl (C=O) groups excluding carboxylic acids is 1. The van der Waals surface area contributed by atoms with E-state index in [1.54, 1.807) is 48.5 Å². The van der Waals surface area contributed by atoms with Gasteiger partial charge in [0.25, 0.3) is 11.6 Å². The lowest BCUT2D eigenvalue weighted by Gasteiger charge is -2.04. The van der Waals surface area contributed by atoms with E-state index in [4.69, 9.17) is 20.8 Å². The third kappa shape index (κ3) is 5.18. The molecule has 0 bridgehead atoms. The van der Waals surface area contributed by atoms with E-state index in [0.717, 1.165) is 0 Å². The highest BCUT2D eigenvalue weighted by Gasteiger charge is 2.08. The molecule has 0 saturated heterocycles. The van der Waals surface area contributed by atoms with Crippen LogP contribution in [0, 0.1) is 10.1 Å². The molecule has 0 unspecified atom stereocenters. The summed E-state index contributed by atoms with van der Waals surface area (Å²) in [7, 11) is 0. The van der Waals surface area contributed by atoms with Gasteiger partial charge in [-0.1, -0.05) is 11.6 Å². The molecular weight excluding hydrogens is 386 g/mol. The zero-order chi connectivity index (χ0) is 19.9. The first-order valence-electron chi connectivity index (χ1n) is 8.06. The van der Waals surface area contributed by atoms with Crippen molar-refractivity contribution in [2.45, 2.75) is 0 Å². The Bertz CT molecular complexity index is 997. The second-order valence-corrected chi connectivity index (χ2v) is 5.98. The summed E-state index contributed by atoms with van der Waals surface area (Å²) in [4.78, 5) is 21.9. The zero-order valence-electron chi connectivity index (χ0n) is 14.4. The minimum Gasteiger partial charge on any atom is -0.484 e. The van der Waals surface area contributed by atoms with Crippen LogP contribution in [0.15, 0.2) is 70.2 Å². The predicted molar refractivity (Wildman–Crippen MR) is 103 cm³/mol. The van der Waals surface area contributed by atoms with Crippen molar-refractivity contribution >= 4 is 29.4 Å². The SMILES string of the molecule is O=C(COc1ccc(Cl)cc1)N/N=C/c1ccc(-c2ccc([N+](=O)[O-])cc2)o1. The number of non-ortho nitro benzene ring substituents is 1. The predicted octanol–water partition coefficient (Wildman–Crippen LogP) is 4.04. The molecule has 8 nitrogen and oxygen atoms in total. The molecular formula is C19H14ClN3O5. The van der Waals surface area contributed by atoms with Gasteiger partial charge in [0.1, 0.15) is 17.3 Å². The molecule has 3 rings (SSSR count). The highest BCUT2D eigenvalue weighted by molar-refractivity contribution is 6.30. The molecule has 28 heavy (non-hydrogen) atoms. The van der Waals surface area contributed by atoms with Crippen LogP contribution in [0.4, 0.5) is 5.69 Å². The molecule has 0 atom stereocenters. The van der Waals surface area contributed by atoms with Crippen molar-refractivity contribution in [2.24, 2.45) is 5.10 Å². The third-order valence-electron chi connectivity index (χ3n) is 3.55. The van der Waals surface area contributed by atoms with Gasteiger partial charge in [-0.05, 0) is 48.5 Å². The van der Waals surface area contributed by atoms with Gasteiger partial charge in [0.05, 0.1) is 11.1 Å². The number of benzene rings is 2. The number of nitro groups is 1. The number of rotatable bonds is 7. The number of halogens is 1. The molecule has 3 aromatic rings. The van der Waals surface area contributed by atoms with Gasteiger partial charge < -0.3 is 9.15 Å². The van der Waals surface area contributed by atoms with Crippen molar-refractivity contribution < 1.29 is 18.9 Å². The molecule has 2 aromatic carbocycles. The van der Waals surface area contributed by atoms with E-state index in [1.165, 1.54) is 18.3 Å². The van der Waals surface area contributed by atoms with Gasteiger partial charge in [-0.15, -0.1) is 0 Å². The number of amides is 1. The van der Waals surface area contributed by atoms with Crippen LogP contribution < -0.4 is 10.2 Å². The summed E-state index contributed by atoms with van der Waals surface area (Å²) in [5, 5.41) is 15.1. The van der Waals surface area contributed by atoms with Crippen molar-refractivity contribution in [2.75, 3.05) is 6.61 Å². The lowest BCUT2D eigenvalue weighted by atomic mass is 10.1. The van der Waals surface area contributed by atoms with Crippen LogP contribution in [-0.2, 0) is 4.79 Å². The molecule has 1 aromatic heterocycles. The van der Waals surface area contributed by atoms with E-state index in [9.17, 15) is 14.9 Å². The Labute approximate surface area is 164 Å². The largest absolute Gasteiger partial charge is 0.484 e. The van der Waals surface area contributed by atoms with E-state index in [-0.39, 0.29) is 12.3 Å². The van der Waals surface area contributed by atoms with Crippen LogP contribution >= 0.6 is 11.6 Å². The number of hydrazone groups is 1. The Hall–Kier alpha value is -3.65.